The molecule has 1 heterocycles. The minimum Gasteiger partial charge on any atom is -0.353 e. The van der Waals surface area contributed by atoms with Crippen molar-refractivity contribution in [2.75, 3.05) is 11.4 Å². The summed E-state index contributed by atoms with van der Waals surface area (Å²) in [6.45, 7) is 13.0. The van der Waals surface area contributed by atoms with Gasteiger partial charge in [0.15, 0.2) is 0 Å². The topological polar surface area (TPSA) is 28.2 Å². The van der Waals surface area contributed by atoms with Gasteiger partial charge in [0, 0.05) is 36.4 Å². The lowest BCUT2D eigenvalue weighted by molar-refractivity contribution is 0.584. The highest BCUT2D eigenvalue weighted by molar-refractivity contribution is 5.53. The monoisotopic (exact) mass is 275 g/mol. The molecule has 1 aromatic rings. The Hall–Kier alpha value is -1.09. The first kappa shape index (κ1) is 15.3. The van der Waals surface area contributed by atoms with Crippen LogP contribution in [0.3, 0.4) is 0 Å². The Morgan fingerprint density at radius 3 is 2.60 bits per heavy atom. The van der Waals surface area contributed by atoms with Crippen LogP contribution in [0.1, 0.15) is 56.9 Å². The third-order valence-electron chi connectivity index (χ3n) is 3.86. The number of nitrogens with one attached hydrogen (secondary N) is 1. The number of hydrogen-bond donors (Lipinski definition) is 1. The molecule has 0 aliphatic heterocycles. The first-order valence-corrected chi connectivity index (χ1v) is 8.00. The minimum atomic E-state index is 0.504. The van der Waals surface area contributed by atoms with E-state index in [1.165, 1.54) is 36.2 Å². The molecule has 20 heavy (non-hydrogen) atoms. The molecule has 3 heteroatoms. The Kier molecular flexibility index (Phi) is 5.03. The summed E-state index contributed by atoms with van der Waals surface area (Å²) < 4.78 is 0. The van der Waals surface area contributed by atoms with Gasteiger partial charge in [-0.2, -0.15) is 0 Å². The minimum absolute atomic E-state index is 0.504. The van der Waals surface area contributed by atoms with Crippen molar-refractivity contribution in [2.45, 2.75) is 72.5 Å². The maximum absolute atomic E-state index is 4.88. The number of aryl methyl sites for hydroxylation is 2. The van der Waals surface area contributed by atoms with Gasteiger partial charge < -0.3 is 10.2 Å². The standard InChI is InChI=1S/C17H29N3/c1-6-9-20(15-7-8-15)17-16(11-18-12(2)3)13(4)10-14(5)19-17/h10,12,15,18H,6-9,11H2,1-5H3. The summed E-state index contributed by atoms with van der Waals surface area (Å²) in [5, 5.41) is 3.55. The third kappa shape index (κ3) is 3.72. The number of pyridine rings is 1. The molecule has 3 nitrogen and oxygen atoms in total. The van der Waals surface area contributed by atoms with E-state index in [0.29, 0.717) is 6.04 Å². The van der Waals surface area contributed by atoms with Crippen LogP contribution in [0.4, 0.5) is 5.82 Å². The first-order valence-electron chi connectivity index (χ1n) is 8.00. The van der Waals surface area contributed by atoms with E-state index in [1.54, 1.807) is 0 Å². The largest absolute Gasteiger partial charge is 0.353 e. The first-order chi connectivity index (χ1) is 9.52. The van der Waals surface area contributed by atoms with Crippen LogP contribution in [-0.2, 0) is 6.54 Å². The molecule has 0 spiro atoms. The van der Waals surface area contributed by atoms with Crippen molar-refractivity contribution in [2.24, 2.45) is 0 Å². The molecule has 1 aliphatic rings. The molecule has 1 saturated carbocycles. The maximum Gasteiger partial charge on any atom is 0.133 e. The Labute approximate surface area is 123 Å². The quantitative estimate of drug-likeness (QED) is 0.824. The summed E-state index contributed by atoms with van der Waals surface area (Å²) in [5.41, 5.74) is 3.87. The van der Waals surface area contributed by atoms with Gasteiger partial charge in [-0.3, -0.25) is 0 Å². The van der Waals surface area contributed by atoms with E-state index in [-0.39, 0.29) is 0 Å². The van der Waals surface area contributed by atoms with Gasteiger partial charge in [-0.15, -0.1) is 0 Å². The van der Waals surface area contributed by atoms with Crippen LogP contribution in [0.2, 0.25) is 0 Å². The molecule has 2 rings (SSSR count). The van der Waals surface area contributed by atoms with E-state index in [0.717, 1.165) is 24.8 Å². The second kappa shape index (κ2) is 6.57. The van der Waals surface area contributed by atoms with Gasteiger partial charge in [0.1, 0.15) is 5.82 Å². The highest BCUT2D eigenvalue weighted by Gasteiger charge is 2.31. The van der Waals surface area contributed by atoms with Crippen molar-refractivity contribution >= 4 is 5.82 Å². The molecule has 0 atom stereocenters. The fraction of sp³-hybridized carbons (Fsp3) is 0.706. The highest BCUT2D eigenvalue weighted by atomic mass is 15.2. The summed E-state index contributed by atoms with van der Waals surface area (Å²) in [4.78, 5) is 7.42. The molecule has 112 valence electrons. The van der Waals surface area contributed by atoms with Crippen molar-refractivity contribution in [3.05, 3.63) is 22.9 Å². The van der Waals surface area contributed by atoms with Crippen molar-refractivity contribution in [3.8, 4) is 0 Å². The van der Waals surface area contributed by atoms with Gasteiger partial charge >= 0.3 is 0 Å². The molecular weight excluding hydrogens is 246 g/mol. The number of nitrogens with zero attached hydrogens (tertiary/aromatic N) is 2. The summed E-state index contributed by atoms with van der Waals surface area (Å²) in [6.07, 6.45) is 3.83. The summed E-state index contributed by atoms with van der Waals surface area (Å²) in [6, 6.07) is 3.43. The lowest BCUT2D eigenvalue weighted by Gasteiger charge is -2.27. The van der Waals surface area contributed by atoms with E-state index in [1.807, 2.05) is 0 Å². The van der Waals surface area contributed by atoms with Crippen LogP contribution in [0, 0.1) is 13.8 Å². The molecule has 0 saturated heterocycles. The maximum atomic E-state index is 4.88. The third-order valence-corrected chi connectivity index (χ3v) is 3.86. The molecule has 0 unspecified atom stereocenters. The Balaban J connectivity index is 2.32. The van der Waals surface area contributed by atoms with E-state index in [2.05, 4.69) is 50.9 Å². The molecule has 0 amide bonds. The Morgan fingerprint density at radius 2 is 2.05 bits per heavy atom. The lowest BCUT2D eigenvalue weighted by atomic mass is 10.1. The van der Waals surface area contributed by atoms with E-state index in [4.69, 9.17) is 4.98 Å². The molecule has 0 radical (unpaired) electrons. The van der Waals surface area contributed by atoms with Crippen molar-refractivity contribution in [3.63, 3.8) is 0 Å². The van der Waals surface area contributed by atoms with Crippen molar-refractivity contribution in [1.29, 1.82) is 0 Å². The van der Waals surface area contributed by atoms with Crippen LogP contribution >= 0.6 is 0 Å². The van der Waals surface area contributed by atoms with Gasteiger partial charge in [-0.05, 0) is 44.7 Å². The van der Waals surface area contributed by atoms with Crippen LogP contribution in [0.25, 0.3) is 0 Å². The average Bonchev–Trinajstić information content (AvgIpc) is 3.18. The van der Waals surface area contributed by atoms with Crippen molar-refractivity contribution < 1.29 is 0 Å². The number of aromatic nitrogens is 1. The summed E-state index contributed by atoms with van der Waals surface area (Å²) in [7, 11) is 0. The molecule has 0 bridgehead atoms. The highest BCUT2D eigenvalue weighted by Crippen LogP contribution is 2.34. The fourth-order valence-corrected chi connectivity index (χ4v) is 2.69. The Bertz CT molecular complexity index is 450. The molecule has 1 N–H and O–H groups in total. The molecule has 1 fully saturated rings. The normalized spacial score (nSPS) is 14.9. The molecular formula is C17H29N3. The van der Waals surface area contributed by atoms with Crippen molar-refractivity contribution in [1.82, 2.24) is 10.3 Å². The van der Waals surface area contributed by atoms with Gasteiger partial charge in [0.2, 0.25) is 0 Å². The predicted octanol–water partition coefficient (Wildman–Crippen LogP) is 3.58. The second-order valence-electron chi connectivity index (χ2n) is 6.34. The predicted molar refractivity (Wildman–Crippen MR) is 86.3 cm³/mol. The zero-order valence-corrected chi connectivity index (χ0v) is 13.7. The smallest absolute Gasteiger partial charge is 0.133 e. The molecule has 1 aliphatic carbocycles. The van der Waals surface area contributed by atoms with E-state index < -0.39 is 0 Å². The molecule has 0 aromatic carbocycles. The van der Waals surface area contributed by atoms with Gasteiger partial charge in [-0.1, -0.05) is 20.8 Å². The van der Waals surface area contributed by atoms with Crippen LogP contribution in [0.15, 0.2) is 6.07 Å². The Morgan fingerprint density at radius 1 is 1.35 bits per heavy atom. The SMILES string of the molecule is CCCN(c1nc(C)cc(C)c1CNC(C)C)C1CC1. The average molecular weight is 275 g/mol. The second-order valence-corrected chi connectivity index (χ2v) is 6.34. The van der Waals surface area contributed by atoms with E-state index >= 15 is 0 Å². The van der Waals surface area contributed by atoms with Crippen LogP contribution < -0.4 is 10.2 Å². The van der Waals surface area contributed by atoms with Gasteiger partial charge in [0.25, 0.3) is 0 Å². The molecule has 1 aromatic heterocycles. The zero-order chi connectivity index (χ0) is 14.7. The van der Waals surface area contributed by atoms with E-state index in [9.17, 15) is 0 Å². The van der Waals surface area contributed by atoms with Gasteiger partial charge in [0.05, 0.1) is 0 Å². The fourth-order valence-electron chi connectivity index (χ4n) is 2.69. The van der Waals surface area contributed by atoms with Gasteiger partial charge in [-0.25, -0.2) is 4.98 Å². The number of anilines is 1. The number of rotatable bonds is 7. The summed E-state index contributed by atoms with van der Waals surface area (Å²) in [5.74, 6) is 1.22. The number of hydrogen-bond acceptors (Lipinski definition) is 3. The lowest BCUT2D eigenvalue weighted by Crippen LogP contribution is -2.31. The zero-order valence-electron chi connectivity index (χ0n) is 13.7. The van der Waals surface area contributed by atoms with Crippen LogP contribution in [-0.4, -0.2) is 23.6 Å². The van der Waals surface area contributed by atoms with Crippen LogP contribution in [0.5, 0.6) is 0 Å². The summed E-state index contributed by atoms with van der Waals surface area (Å²) >= 11 is 0.